The molecule has 0 aromatic rings. The van der Waals surface area contributed by atoms with Gasteiger partial charge in [0.1, 0.15) is 6.10 Å². The van der Waals surface area contributed by atoms with E-state index in [1.165, 1.54) is 12.8 Å². The fourth-order valence-corrected chi connectivity index (χ4v) is 1.85. The Kier molecular flexibility index (Phi) is 2.65. The van der Waals surface area contributed by atoms with E-state index in [1.807, 2.05) is 0 Å². The molecule has 0 spiro atoms. The van der Waals surface area contributed by atoms with E-state index in [-0.39, 0.29) is 12.2 Å². The molecule has 2 unspecified atom stereocenters. The molecule has 3 heteroatoms. The average molecular weight is 183 g/mol. The monoisotopic (exact) mass is 183 g/mol. The molecule has 13 heavy (non-hydrogen) atoms. The Bertz CT molecular complexity index is 201. The number of hydrogen-bond donors (Lipinski definition) is 1. The minimum Gasteiger partial charge on any atom is -0.366 e. The minimum atomic E-state index is -0.130. The zero-order valence-corrected chi connectivity index (χ0v) is 7.87. The second-order valence-electron chi connectivity index (χ2n) is 4.17. The highest BCUT2D eigenvalue weighted by Crippen LogP contribution is 2.34. The standard InChI is InChI=1S/C10H17NO2/c11-6-8-3-4-10(13-8)9(12)5-7-1-2-7/h7-8,10H,1-6,11H2. The van der Waals surface area contributed by atoms with E-state index < -0.39 is 0 Å². The zero-order valence-electron chi connectivity index (χ0n) is 7.87. The quantitative estimate of drug-likeness (QED) is 0.703. The molecular formula is C10H17NO2. The van der Waals surface area contributed by atoms with Gasteiger partial charge in [-0.05, 0) is 31.6 Å². The number of rotatable bonds is 4. The van der Waals surface area contributed by atoms with Gasteiger partial charge < -0.3 is 10.5 Å². The molecule has 2 fully saturated rings. The van der Waals surface area contributed by atoms with Gasteiger partial charge in [0.25, 0.3) is 0 Å². The van der Waals surface area contributed by atoms with Crippen LogP contribution in [0, 0.1) is 5.92 Å². The molecule has 0 bridgehead atoms. The number of carbonyl (C=O) groups is 1. The molecular weight excluding hydrogens is 166 g/mol. The molecule has 3 nitrogen and oxygen atoms in total. The van der Waals surface area contributed by atoms with Gasteiger partial charge >= 0.3 is 0 Å². The maximum atomic E-state index is 11.6. The van der Waals surface area contributed by atoms with Gasteiger partial charge in [-0.1, -0.05) is 0 Å². The number of hydrogen-bond acceptors (Lipinski definition) is 3. The topological polar surface area (TPSA) is 52.3 Å². The van der Waals surface area contributed by atoms with Crippen LogP contribution in [0.4, 0.5) is 0 Å². The summed E-state index contributed by atoms with van der Waals surface area (Å²) in [7, 11) is 0. The van der Waals surface area contributed by atoms with Gasteiger partial charge in [-0.25, -0.2) is 0 Å². The summed E-state index contributed by atoms with van der Waals surface area (Å²) in [5, 5.41) is 0. The van der Waals surface area contributed by atoms with E-state index in [4.69, 9.17) is 10.5 Å². The molecule has 1 saturated heterocycles. The highest BCUT2D eigenvalue weighted by atomic mass is 16.5. The van der Waals surface area contributed by atoms with Gasteiger partial charge in [-0.15, -0.1) is 0 Å². The van der Waals surface area contributed by atoms with E-state index >= 15 is 0 Å². The second kappa shape index (κ2) is 3.76. The van der Waals surface area contributed by atoms with Crippen LogP contribution in [0.5, 0.6) is 0 Å². The van der Waals surface area contributed by atoms with E-state index in [9.17, 15) is 4.79 Å². The lowest BCUT2D eigenvalue weighted by Gasteiger charge is -2.10. The number of ether oxygens (including phenoxy) is 1. The lowest BCUT2D eigenvalue weighted by atomic mass is 10.1. The molecule has 2 N–H and O–H groups in total. The van der Waals surface area contributed by atoms with Gasteiger partial charge in [-0.2, -0.15) is 0 Å². The summed E-state index contributed by atoms with van der Waals surface area (Å²) < 4.78 is 5.53. The maximum Gasteiger partial charge on any atom is 0.161 e. The normalized spacial score (nSPS) is 33.6. The van der Waals surface area contributed by atoms with Crippen LogP contribution in [0.1, 0.15) is 32.1 Å². The van der Waals surface area contributed by atoms with Crippen LogP contribution in [0.15, 0.2) is 0 Å². The second-order valence-corrected chi connectivity index (χ2v) is 4.17. The molecule has 1 heterocycles. The molecule has 2 atom stereocenters. The molecule has 2 rings (SSSR count). The molecule has 2 aliphatic rings. The number of nitrogens with two attached hydrogens (primary N) is 1. The van der Waals surface area contributed by atoms with Gasteiger partial charge in [0.2, 0.25) is 0 Å². The molecule has 0 amide bonds. The Labute approximate surface area is 78.6 Å². The summed E-state index contributed by atoms with van der Waals surface area (Å²) in [6, 6.07) is 0. The highest BCUT2D eigenvalue weighted by Gasteiger charge is 2.33. The summed E-state index contributed by atoms with van der Waals surface area (Å²) in [6.07, 6.45) is 5.05. The molecule has 1 aliphatic heterocycles. The molecule has 1 aliphatic carbocycles. The van der Waals surface area contributed by atoms with Gasteiger partial charge in [0.15, 0.2) is 5.78 Å². The molecule has 74 valence electrons. The summed E-state index contributed by atoms with van der Waals surface area (Å²) in [4.78, 5) is 11.6. The molecule has 0 aromatic carbocycles. The SMILES string of the molecule is NCC1CCC(C(=O)CC2CC2)O1. The molecule has 1 saturated carbocycles. The predicted molar refractivity (Wildman–Crippen MR) is 49.3 cm³/mol. The largest absolute Gasteiger partial charge is 0.366 e. The summed E-state index contributed by atoms with van der Waals surface area (Å²) in [5.41, 5.74) is 5.47. The van der Waals surface area contributed by atoms with E-state index in [0.29, 0.717) is 18.2 Å². The van der Waals surface area contributed by atoms with Crippen molar-refractivity contribution in [3.8, 4) is 0 Å². The van der Waals surface area contributed by atoms with Crippen LogP contribution >= 0.6 is 0 Å². The van der Waals surface area contributed by atoms with Crippen molar-refractivity contribution < 1.29 is 9.53 Å². The van der Waals surface area contributed by atoms with Gasteiger partial charge in [0.05, 0.1) is 6.10 Å². The van der Waals surface area contributed by atoms with Crippen molar-refractivity contribution in [1.82, 2.24) is 0 Å². The van der Waals surface area contributed by atoms with Crippen LogP contribution in [0.3, 0.4) is 0 Å². The fourth-order valence-electron chi connectivity index (χ4n) is 1.85. The first kappa shape index (κ1) is 9.16. The van der Waals surface area contributed by atoms with Crippen molar-refractivity contribution in [2.45, 2.75) is 44.3 Å². The number of Topliss-reactive ketones (excluding diaryl/α,β-unsaturated/α-hetero) is 1. The summed E-state index contributed by atoms with van der Waals surface area (Å²) >= 11 is 0. The third-order valence-corrected chi connectivity index (χ3v) is 2.92. The van der Waals surface area contributed by atoms with Gasteiger partial charge in [0, 0.05) is 13.0 Å². The van der Waals surface area contributed by atoms with Crippen molar-refractivity contribution in [3.05, 3.63) is 0 Å². The average Bonchev–Trinajstić information content (AvgIpc) is 2.82. The van der Waals surface area contributed by atoms with Crippen LogP contribution in [0.2, 0.25) is 0 Å². The Morgan fingerprint density at radius 2 is 2.08 bits per heavy atom. The van der Waals surface area contributed by atoms with Crippen molar-refractivity contribution in [1.29, 1.82) is 0 Å². The number of carbonyl (C=O) groups excluding carboxylic acids is 1. The van der Waals surface area contributed by atoms with Crippen molar-refractivity contribution in [3.63, 3.8) is 0 Å². The third kappa shape index (κ3) is 2.29. The minimum absolute atomic E-state index is 0.130. The lowest BCUT2D eigenvalue weighted by molar-refractivity contribution is -0.129. The maximum absolute atomic E-state index is 11.6. The van der Waals surface area contributed by atoms with Crippen molar-refractivity contribution in [2.24, 2.45) is 11.7 Å². The fraction of sp³-hybridized carbons (Fsp3) is 0.900. The Balaban J connectivity index is 1.77. The zero-order chi connectivity index (χ0) is 9.26. The molecule has 0 radical (unpaired) electrons. The third-order valence-electron chi connectivity index (χ3n) is 2.92. The first-order valence-electron chi connectivity index (χ1n) is 5.18. The number of ketones is 1. The Morgan fingerprint density at radius 1 is 1.31 bits per heavy atom. The van der Waals surface area contributed by atoms with E-state index in [0.717, 1.165) is 19.3 Å². The Morgan fingerprint density at radius 3 is 2.62 bits per heavy atom. The Hall–Kier alpha value is -0.410. The van der Waals surface area contributed by atoms with Crippen LogP contribution in [-0.4, -0.2) is 24.5 Å². The van der Waals surface area contributed by atoms with E-state index in [1.54, 1.807) is 0 Å². The summed E-state index contributed by atoms with van der Waals surface area (Å²) in [6.45, 7) is 0.549. The van der Waals surface area contributed by atoms with Crippen LogP contribution < -0.4 is 5.73 Å². The predicted octanol–water partition coefficient (Wildman–Crippen LogP) is 0.862. The van der Waals surface area contributed by atoms with Crippen molar-refractivity contribution >= 4 is 5.78 Å². The highest BCUT2D eigenvalue weighted by molar-refractivity contribution is 5.83. The van der Waals surface area contributed by atoms with Gasteiger partial charge in [-0.3, -0.25) is 4.79 Å². The first-order valence-corrected chi connectivity index (χ1v) is 5.18. The lowest BCUT2D eigenvalue weighted by Crippen LogP contribution is -2.25. The molecule has 0 aromatic heterocycles. The first-order chi connectivity index (χ1) is 6.29. The van der Waals surface area contributed by atoms with E-state index in [2.05, 4.69) is 0 Å². The summed E-state index contributed by atoms with van der Waals surface area (Å²) in [5.74, 6) is 0.978. The smallest absolute Gasteiger partial charge is 0.161 e. The van der Waals surface area contributed by atoms with Crippen LogP contribution in [-0.2, 0) is 9.53 Å². The van der Waals surface area contributed by atoms with Crippen molar-refractivity contribution in [2.75, 3.05) is 6.54 Å². The van der Waals surface area contributed by atoms with Crippen LogP contribution in [0.25, 0.3) is 0 Å².